The number of Topliss-reactive ketones (excluding diaryl/α,β-unsaturated/α-hetero) is 1. The minimum Gasteiger partial charge on any atom is -0.451 e. The van der Waals surface area contributed by atoms with Crippen molar-refractivity contribution in [2.45, 2.75) is 96.7 Å². The lowest BCUT2D eigenvalue weighted by Crippen LogP contribution is -2.51. The summed E-state index contributed by atoms with van der Waals surface area (Å²) in [5.74, 6) is -0.930. The Labute approximate surface area is 285 Å². The molecule has 5 aliphatic rings. The van der Waals surface area contributed by atoms with Crippen LogP contribution >= 0.6 is 0 Å². The summed E-state index contributed by atoms with van der Waals surface area (Å²) in [6, 6.07) is 1.81. The van der Waals surface area contributed by atoms with E-state index < -0.39 is 35.1 Å². The number of furan rings is 1. The lowest BCUT2D eigenvalue weighted by molar-refractivity contribution is -0.137. The molecule has 5 aliphatic carbocycles. The first-order valence-electron chi connectivity index (χ1n) is 17.1. The molecule has 2 aromatic heterocycles. The molecule has 0 radical (unpaired) electrons. The van der Waals surface area contributed by atoms with Gasteiger partial charge in [0.05, 0.1) is 0 Å². The van der Waals surface area contributed by atoms with Gasteiger partial charge in [0.15, 0.2) is 5.76 Å². The Hall–Kier alpha value is -4.48. The zero-order valence-corrected chi connectivity index (χ0v) is 27.9. The van der Waals surface area contributed by atoms with Crippen molar-refractivity contribution in [2.24, 2.45) is 23.2 Å². The second-order valence-corrected chi connectivity index (χ2v) is 14.5. The van der Waals surface area contributed by atoms with Crippen molar-refractivity contribution in [3.05, 3.63) is 57.4 Å². The number of pyridine rings is 1. The highest BCUT2D eigenvalue weighted by atomic mass is 16.4. The maximum atomic E-state index is 13.6. The Morgan fingerprint density at radius 2 is 1.94 bits per heavy atom. The zero-order valence-electron chi connectivity index (χ0n) is 27.9. The topological polar surface area (TPSA) is 169 Å². The maximum absolute atomic E-state index is 13.6. The number of fused-ring (bicyclic) bond motifs is 2. The highest BCUT2D eigenvalue weighted by Crippen LogP contribution is 2.56. The summed E-state index contributed by atoms with van der Waals surface area (Å²) in [6.07, 6.45) is 13.3. The Bertz CT molecular complexity index is 1740. The Balaban J connectivity index is 0.00000234. The van der Waals surface area contributed by atoms with Crippen molar-refractivity contribution < 1.29 is 34.1 Å². The average molecular weight is 668 g/mol. The Kier molecular flexibility index (Phi) is 9.44. The molecule has 4 N–H and O–H groups in total. The summed E-state index contributed by atoms with van der Waals surface area (Å²) in [4.78, 5) is 77.8. The molecule has 6 atom stereocenters. The zero-order chi connectivity index (χ0) is 34.2. The molecule has 12 nitrogen and oxygen atoms in total. The summed E-state index contributed by atoms with van der Waals surface area (Å²) in [7, 11) is 1.33. The number of aromatic nitrogens is 1. The highest BCUT2D eigenvalue weighted by molar-refractivity contribution is 6.36. The third kappa shape index (κ3) is 6.88. The van der Waals surface area contributed by atoms with E-state index in [2.05, 4.69) is 28.2 Å². The molecule has 2 aromatic rings. The Morgan fingerprint density at radius 1 is 1.15 bits per heavy atom. The molecule has 264 valence electrons. The van der Waals surface area contributed by atoms with E-state index in [-0.39, 0.29) is 48.5 Å². The molecule has 4 saturated carbocycles. The first-order chi connectivity index (χ1) is 22.9. The van der Waals surface area contributed by atoms with Gasteiger partial charge in [0.1, 0.15) is 24.0 Å². The quantitative estimate of drug-likeness (QED) is 0.260. The molecule has 0 aliphatic heterocycles. The third-order valence-corrected chi connectivity index (χ3v) is 11.0. The van der Waals surface area contributed by atoms with Crippen molar-refractivity contribution in [3.63, 3.8) is 0 Å². The summed E-state index contributed by atoms with van der Waals surface area (Å²) in [5, 5.41) is 10.7. The van der Waals surface area contributed by atoms with E-state index in [1.54, 1.807) is 19.1 Å². The van der Waals surface area contributed by atoms with Gasteiger partial charge in [0.2, 0.25) is 17.6 Å². The predicted octanol–water partition coefficient (Wildman–Crippen LogP) is 4.25. The second-order valence-electron chi connectivity index (χ2n) is 14.5. The predicted molar refractivity (Wildman–Crippen MR) is 186 cm³/mol. The van der Waals surface area contributed by atoms with E-state index in [9.17, 15) is 28.8 Å². The Morgan fingerprint density at radius 3 is 2.71 bits per heavy atom. The number of nitrogens with one attached hydrogen (secondary N) is 4. The fourth-order valence-corrected chi connectivity index (χ4v) is 8.73. The lowest BCUT2D eigenvalue weighted by Gasteiger charge is -2.47. The van der Waals surface area contributed by atoms with E-state index in [0.29, 0.717) is 28.6 Å². The minimum atomic E-state index is -1.28. The molecule has 12 heteroatoms. The third-order valence-electron chi connectivity index (χ3n) is 11.0. The van der Waals surface area contributed by atoms with Gasteiger partial charge in [0, 0.05) is 42.5 Å². The molecule has 0 saturated heterocycles. The normalized spacial score (nSPS) is 25.8. The SMILES string of the molecule is CNC(=O)C(=O)CC[C@H](NC(=O)c1oc2c(c1C)CCC=C2)C(=O)Nc1cccn(CC(=O)NC2C3CCC4(C)CC(C3)CC2C4)c1=O.[HH].[HH].[HH].[HH]. The van der Waals surface area contributed by atoms with Crippen molar-refractivity contribution >= 4 is 41.2 Å². The van der Waals surface area contributed by atoms with E-state index in [1.807, 2.05) is 6.08 Å². The summed E-state index contributed by atoms with van der Waals surface area (Å²) in [6.45, 7) is 3.96. The van der Waals surface area contributed by atoms with E-state index in [1.165, 1.54) is 36.7 Å². The number of ketones is 1. The number of hydrogen-bond acceptors (Lipinski definition) is 7. The fraction of sp³-hybridized carbons (Fsp3) is 0.556. The van der Waals surface area contributed by atoms with Gasteiger partial charge in [-0.2, -0.15) is 0 Å². The van der Waals surface area contributed by atoms with Gasteiger partial charge < -0.3 is 30.3 Å². The van der Waals surface area contributed by atoms with Gasteiger partial charge in [-0.1, -0.05) is 13.0 Å². The first-order valence-corrected chi connectivity index (χ1v) is 17.1. The summed E-state index contributed by atoms with van der Waals surface area (Å²) in [5.41, 5.74) is 1.27. The van der Waals surface area contributed by atoms with E-state index in [4.69, 9.17) is 4.42 Å². The highest BCUT2D eigenvalue weighted by Gasteiger charge is 2.50. The van der Waals surface area contributed by atoms with Gasteiger partial charge >= 0.3 is 0 Å². The summed E-state index contributed by atoms with van der Waals surface area (Å²) < 4.78 is 7.05. The average Bonchev–Trinajstić information content (AvgIpc) is 3.30. The smallest absolute Gasteiger partial charge is 0.287 e. The van der Waals surface area contributed by atoms with E-state index >= 15 is 0 Å². The minimum absolute atomic E-state index is 0. The van der Waals surface area contributed by atoms with Crippen molar-refractivity contribution in [1.82, 2.24) is 20.5 Å². The molecular formula is C36H53N5O7. The number of carbonyl (C=O) groups is 5. The number of rotatable bonds is 11. The van der Waals surface area contributed by atoms with Crippen LogP contribution in [0.1, 0.15) is 97.9 Å². The van der Waals surface area contributed by atoms with Crippen LogP contribution in [0.2, 0.25) is 0 Å². The van der Waals surface area contributed by atoms with Crippen molar-refractivity contribution in [3.8, 4) is 0 Å². The molecule has 0 aromatic carbocycles. The van der Waals surface area contributed by atoms with Gasteiger partial charge in [-0.25, -0.2) is 0 Å². The molecular weight excluding hydrogens is 614 g/mol. The standard InChI is InChI=1S/C36H45N5O7.4H2/c1-20-24-7-4-5-9-28(24)48-31(20)34(46)38-25(10-11-27(42)33(45)37-3)32(44)39-26-8-6-14-41(35(26)47)19-29(43)40-30-22-12-13-36(2)17-21(15-22)16-23(30)18-36;;;;/h5-6,8-9,14,21-23,25,30H,4,7,10-13,15-19H2,1-3H3,(H,37,45)(H,38,46)(H,39,44)(H,40,43);4*1H/t21?,22?,23?,25-,30?,36?;;;;/m0..../s1. The number of hydrogen-bond donors (Lipinski definition) is 4. The van der Waals surface area contributed by atoms with Crippen LogP contribution in [0.15, 0.2) is 33.6 Å². The second kappa shape index (κ2) is 13.6. The molecule has 0 spiro atoms. The van der Waals surface area contributed by atoms with Gasteiger partial charge in [-0.15, -0.1) is 0 Å². The molecule has 4 fully saturated rings. The number of allylic oxidation sites excluding steroid dienone is 1. The van der Waals surface area contributed by atoms with Gasteiger partial charge in [0.25, 0.3) is 17.4 Å². The molecule has 2 heterocycles. The van der Waals surface area contributed by atoms with Crippen LogP contribution in [0, 0.1) is 30.1 Å². The number of likely N-dealkylation sites (N-methyl/N-ethyl adjacent to an activating group) is 1. The van der Waals surface area contributed by atoms with Gasteiger partial charge in [-0.3, -0.25) is 28.8 Å². The molecule has 4 amide bonds. The first kappa shape index (κ1) is 33.4. The van der Waals surface area contributed by atoms with Crippen LogP contribution in [-0.2, 0) is 32.1 Å². The van der Waals surface area contributed by atoms with Crippen molar-refractivity contribution in [2.75, 3.05) is 12.4 Å². The van der Waals surface area contributed by atoms with Crippen LogP contribution in [0.5, 0.6) is 0 Å². The number of amides is 4. The number of nitrogens with zero attached hydrogens (tertiary/aromatic N) is 1. The monoisotopic (exact) mass is 667 g/mol. The number of carbonyl (C=O) groups excluding carboxylic acids is 5. The molecule has 48 heavy (non-hydrogen) atoms. The van der Waals surface area contributed by atoms with Crippen LogP contribution in [0.25, 0.3) is 6.08 Å². The largest absolute Gasteiger partial charge is 0.451 e. The van der Waals surface area contributed by atoms with Crippen LogP contribution < -0.4 is 26.8 Å². The van der Waals surface area contributed by atoms with Crippen molar-refractivity contribution in [1.29, 1.82) is 0 Å². The number of anilines is 1. The van der Waals surface area contributed by atoms with Crippen LogP contribution in [0.4, 0.5) is 5.69 Å². The fourth-order valence-electron chi connectivity index (χ4n) is 8.73. The maximum Gasteiger partial charge on any atom is 0.287 e. The van der Waals surface area contributed by atoms with Crippen LogP contribution in [0.3, 0.4) is 0 Å². The summed E-state index contributed by atoms with van der Waals surface area (Å²) >= 11 is 0. The molecule has 7 rings (SSSR count). The molecule has 4 bridgehead atoms. The van der Waals surface area contributed by atoms with E-state index in [0.717, 1.165) is 50.0 Å². The van der Waals surface area contributed by atoms with Gasteiger partial charge in [-0.05, 0) is 106 Å². The molecule has 5 unspecified atom stereocenters. The van der Waals surface area contributed by atoms with Crippen LogP contribution in [-0.4, -0.2) is 53.1 Å². The lowest BCUT2D eigenvalue weighted by atomic mass is 9.60.